The summed E-state index contributed by atoms with van der Waals surface area (Å²) in [5.74, 6) is -0.621. The Balaban J connectivity index is 1.95. The van der Waals surface area contributed by atoms with Gasteiger partial charge in [-0.1, -0.05) is 6.92 Å². The lowest BCUT2D eigenvalue weighted by atomic mass is 9.90. The molecule has 0 atom stereocenters. The summed E-state index contributed by atoms with van der Waals surface area (Å²) >= 11 is 0. The van der Waals surface area contributed by atoms with E-state index in [9.17, 15) is 9.18 Å². The van der Waals surface area contributed by atoms with E-state index in [1.165, 1.54) is 12.3 Å². The predicted molar refractivity (Wildman–Crippen MR) is 76.0 cm³/mol. The lowest BCUT2D eigenvalue weighted by molar-refractivity contribution is 0.0683. The predicted octanol–water partition coefficient (Wildman–Crippen LogP) is 2.21. The second-order valence-electron chi connectivity index (χ2n) is 5.37. The van der Waals surface area contributed by atoms with Gasteiger partial charge in [0.15, 0.2) is 0 Å². The SMILES string of the molecule is CCNC1CCC(N(C)C(=O)c2cncc(F)c2)CC1. The molecular weight excluding hydrogens is 257 g/mol. The van der Waals surface area contributed by atoms with E-state index in [0.717, 1.165) is 38.4 Å². The van der Waals surface area contributed by atoms with Crippen LogP contribution in [0.3, 0.4) is 0 Å². The third-order valence-corrected chi connectivity index (χ3v) is 4.01. The summed E-state index contributed by atoms with van der Waals surface area (Å²) in [4.78, 5) is 17.8. The Morgan fingerprint density at radius 1 is 1.40 bits per heavy atom. The fraction of sp³-hybridized carbons (Fsp3) is 0.600. The van der Waals surface area contributed by atoms with Crippen molar-refractivity contribution in [3.63, 3.8) is 0 Å². The second-order valence-corrected chi connectivity index (χ2v) is 5.37. The number of hydrogen-bond acceptors (Lipinski definition) is 3. The van der Waals surface area contributed by atoms with Gasteiger partial charge in [-0.2, -0.15) is 0 Å². The van der Waals surface area contributed by atoms with Gasteiger partial charge in [0.05, 0.1) is 11.8 Å². The zero-order valence-electron chi connectivity index (χ0n) is 12.1. The lowest BCUT2D eigenvalue weighted by Gasteiger charge is -2.35. The Morgan fingerprint density at radius 3 is 2.70 bits per heavy atom. The summed E-state index contributed by atoms with van der Waals surface area (Å²) < 4.78 is 13.1. The smallest absolute Gasteiger partial charge is 0.255 e. The number of carbonyl (C=O) groups is 1. The molecule has 2 rings (SSSR count). The van der Waals surface area contributed by atoms with E-state index in [2.05, 4.69) is 17.2 Å². The molecule has 0 spiro atoms. The van der Waals surface area contributed by atoms with E-state index < -0.39 is 5.82 Å². The Bertz CT molecular complexity index is 458. The van der Waals surface area contributed by atoms with Crippen LogP contribution in [0.2, 0.25) is 0 Å². The van der Waals surface area contributed by atoms with Crippen molar-refractivity contribution >= 4 is 5.91 Å². The first kappa shape index (κ1) is 14.9. The molecule has 0 aliphatic heterocycles. The monoisotopic (exact) mass is 279 g/mol. The molecule has 0 aromatic carbocycles. The first-order chi connectivity index (χ1) is 9.61. The molecule has 20 heavy (non-hydrogen) atoms. The van der Waals surface area contributed by atoms with Crippen LogP contribution in [-0.4, -0.2) is 41.5 Å². The van der Waals surface area contributed by atoms with Crippen molar-refractivity contribution in [1.29, 1.82) is 0 Å². The number of hydrogen-bond donors (Lipinski definition) is 1. The largest absolute Gasteiger partial charge is 0.339 e. The first-order valence-corrected chi connectivity index (χ1v) is 7.23. The maximum absolute atomic E-state index is 13.1. The Labute approximate surface area is 119 Å². The van der Waals surface area contributed by atoms with Gasteiger partial charge in [-0.3, -0.25) is 9.78 Å². The molecule has 0 bridgehead atoms. The third-order valence-electron chi connectivity index (χ3n) is 4.01. The first-order valence-electron chi connectivity index (χ1n) is 7.23. The van der Waals surface area contributed by atoms with Crippen molar-refractivity contribution in [3.8, 4) is 0 Å². The fourth-order valence-electron chi connectivity index (χ4n) is 2.85. The second kappa shape index (κ2) is 6.79. The van der Waals surface area contributed by atoms with Crippen LogP contribution in [-0.2, 0) is 0 Å². The molecule has 1 amide bonds. The van der Waals surface area contributed by atoms with Gasteiger partial charge < -0.3 is 10.2 Å². The molecule has 0 saturated heterocycles. The fourth-order valence-corrected chi connectivity index (χ4v) is 2.85. The van der Waals surface area contributed by atoms with E-state index in [1.807, 2.05) is 0 Å². The number of carbonyl (C=O) groups excluding carboxylic acids is 1. The molecule has 0 radical (unpaired) electrons. The van der Waals surface area contributed by atoms with E-state index in [0.29, 0.717) is 11.6 Å². The molecule has 1 aliphatic carbocycles. The van der Waals surface area contributed by atoms with Crippen LogP contribution in [0.4, 0.5) is 4.39 Å². The average Bonchev–Trinajstić information content (AvgIpc) is 2.47. The third kappa shape index (κ3) is 3.54. The number of nitrogens with zero attached hydrogens (tertiary/aromatic N) is 2. The topological polar surface area (TPSA) is 45.2 Å². The molecule has 5 heteroatoms. The molecule has 0 unspecified atom stereocenters. The molecule has 1 N–H and O–H groups in total. The lowest BCUT2D eigenvalue weighted by Crippen LogP contribution is -2.43. The number of amides is 1. The summed E-state index contributed by atoms with van der Waals surface area (Å²) in [6, 6.07) is 2.05. The molecule has 110 valence electrons. The Morgan fingerprint density at radius 2 is 2.10 bits per heavy atom. The normalized spacial score (nSPS) is 22.6. The van der Waals surface area contributed by atoms with Crippen LogP contribution in [0.15, 0.2) is 18.5 Å². The van der Waals surface area contributed by atoms with Gasteiger partial charge in [-0.15, -0.1) is 0 Å². The van der Waals surface area contributed by atoms with E-state index in [-0.39, 0.29) is 11.9 Å². The van der Waals surface area contributed by atoms with Crippen molar-refractivity contribution in [2.24, 2.45) is 0 Å². The van der Waals surface area contributed by atoms with Crippen LogP contribution in [0.25, 0.3) is 0 Å². The maximum atomic E-state index is 13.1. The van der Waals surface area contributed by atoms with E-state index >= 15 is 0 Å². The maximum Gasteiger partial charge on any atom is 0.255 e. The van der Waals surface area contributed by atoms with Crippen LogP contribution in [0, 0.1) is 5.82 Å². The van der Waals surface area contributed by atoms with Crippen molar-refractivity contribution in [2.75, 3.05) is 13.6 Å². The van der Waals surface area contributed by atoms with E-state index in [1.54, 1.807) is 11.9 Å². The van der Waals surface area contributed by atoms with Crippen LogP contribution < -0.4 is 5.32 Å². The van der Waals surface area contributed by atoms with Gasteiger partial charge in [-0.25, -0.2) is 4.39 Å². The van der Waals surface area contributed by atoms with Crippen LogP contribution in [0.1, 0.15) is 43.0 Å². The molecular formula is C15H22FN3O. The molecule has 1 aromatic heterocycles. The van der Waals surface area contributed by atoms with Crippen molar-refractivity contribution in [3.05, 3.63) is 29.8 Å². The zero-order valence-corrected chi connectivity index (χ0v) is 12.1. The van der Waals surface area contributed by atoms with Gasteiger partial charge in [-0.05, 0) is 38.3 Å². The highest BCUT2D eigenvalue weighted by atomic mass is 19.1. The van der Waals surface area contributed by atoms with Crippen LogP contribution in [0.5, 0.6) is 0 Å². The van der Waals surface area contributed by atoms with Crippen molar-refractivity contribution in [2.45, 2.75) is 44.7 Å². The highest BCUT2D eigenvalue weighted by molar-refractivity contribution is 5.93. The van der Waals surface area contributed by atoms with Gasteiger partial charge in [0.1, 0.15) is 5.82 Å². The molecule has 1 aliphatic rings. The minimum atomic E-state index is -0.472. The molecule has 1 heterocycles. The summed E-state index contributed by atoms with van der Waals surface area (Å²) in [6.45, 7) is 3.09. The number of nitrogens with one attached hydrogen (secondary N) is 1. The number of halogens is 1. The average molecular weight is 279 g/mol. The molecule has 1 fully saturated rings. The van der Waals surface area contributed by atoms with Crippen molar-refractivity contribution in [1.82, 2.24) is 15.2 Å². The minimum Gasteiger partial charge on any atom is -0.339 e. The molecule has 1 aromatic rings. The van der Waals surface area contributed by atoms with Gasteiger partial charge in [0.25, 0.3) is 5.91 Å². The van der Waals surface area contributed by atoms with Gasteiger partial charge in [0, 0.05) is 25.3 Å². The minimum absolute atomic E-state index is 0.149. The standard InChI is InChI=1S/C15H22FN3O/c1-3-18-13-4-6-14(7-5-13)19(2)15(20)11-8-12(16)10-17-9-11/h8-10,13-14,18H,3-7H2,1-2H3. The summed E-state index contributed by atoms with van der Waals surface area (Å²) in [6.07, 6.45) is 6.67. The van der Waals surface area contributed by atoms with Crippen molar-refractivity contribution < 1.29 is 9.18 Å². The number of pyridine rings is 1. The highest BCUT2D eigenvalue weighted by Crippen LogP contribution is 2.23. The van der Waals surface area contributed by atoms with Gasteiger partial charge >= 0.3 is 0 Å². The molecule has 1 saturated carbocycles. The Kier molecular flexibility index (Phi) is 5.06. The van der Waals surface area contributed by atoms with E-state index in [4.69, 9.17) is 0 Å². The van der Waals surface area contributed by atoms with Gasteiger partial charge in [0.2, 0.25) is 0 Å². The summed E-state index contributed by atoms with van der Waals surface area (Å²) in [5, 5.41) is 3.45. The zero-order chi connectivity index (χ0) is 14.5. The van der Waals surface area contributed by atoms with Crippen LogP contribution >= 0.6 is 0 Å². The summed E-state index contributed by atoms with van der Waals surface area (Å²) in [7, 11) is 1.80. The Hall–Kier alpha value is -1.49. The number of aromatic nitrogens is 1. The quantitative estimate of drug-likeness (QED) is 0.919. The number of rotatable bonds is 4. The molecule has 4 nitrogen and oxygen atoms in total. The highest BCUT2D eigenvalue weighted by Gasteiger charge is 2.26. The summed E-state index contributed by atoms with van der Waals surface area (Å²) in [5.41, 5.74) is 0.321.